The number of aromatic amines is 1. The number of aliphatic hydroxyl groups excluding tert-OH is 1. The van der Waals surface area contributed by atoms with Gasteiger partial charge in [0, 0.05) is 23.5 Å². The molecule has 6 nitrogen and oxygen atoms in total. The van der Waals surface area contributed by atoms with Crippen LogP contribution in [0.5, 0.6) is 0 Å². The molecule has 1 aromatic heterocycles. The fraction of sp³-hybridized carbons (Fsp3) is 0.368. The maximum Gasteiger partial charge on any atom is 0.355 e. The van der Waals surface area contributed by atoms with E-state index in [4.69, 9.17) is 4.74 Å². The molecule has 7 heteroatoms. The Morgan fingerprint density at radius 3 is 2.38 bits per heavy atom. The number of anilines is 1. The van der Waals surface area contributed by atoms with Crippen molar-refractivity contribution in [3.63, 3.8) is 0 Å². The van der Waals surface area contributed by atoms with Gasteiger partial charge in [-0.3, -0.25) is 4.79 Å². The van der Waals surface area contributed by atoms with Crippen LogP contribution in [0.15, 0.2) is 24.3 Å². The normalized spacial score (nSPS) is 11.9. The van der Waals surface area contributed by atoms with Crippen molar-refractivity contribution >= 4 is 17.6 Å². The number of carbonyl (C=O) groups excluding carboxylic acids is 2. The lowest BCUT2D eigenvalue weighted by Crippen LogP contribution is -2.34. The summed E-state index contributed by atoms with van der Waals surface area (Å²) in [7, 11) is 0. The van der Waals surface area contributed by atoms with Crippen molar-refractivity contribution in [1.82, 2.24) is 4.98 Å². The molecule has 1 heterocycles. The zero-order chi connectivity index (χ0) is 19.4. The number of aromatic nitrogens is 1. The second kappa shape index (κ2) is 8.14. The molecule has 2 rings (SSSR count). The van der Waals surface area contributed by atoms with Crippen molar-refractivity contribution in [2.45, 2.75) is 33.8 Å². The Bertz CT molecular complexity index is 797. The van der Waals surface area contributed by atoms with E-state index < -0.39 is 30.4 Å². The van der Waals surface area contributed by atoms with Crippen LogP contribution in [0.3, 0.4) is 0 Å². The highest BCUT2D eigenvalue weighted by atomic mass is 19.1. The monoisotopic (exact) mass is 362 g/mol. The fourth-order valence-corrected chi connectivity index (χ4v) is 3.00. The molecule has 0 aliphatic heterocycles. The Balaban J connectivity index is 2.07. The predicted octanol–water partition coefficient (Wildman–Crippen LogP) is 3.03. The number of hydrogen-bond donors (Lipinski definition) is 2. The molecular formula is C19H23FN2O4. The van der Waals surface area contributed by atoms with E-state index in [9.17, 15) is 19.1 Å². The summed E-state index contributed by atoms with van der Waals surface area (Å²) in [4.78, 5) is 29.0. The second-order valence-corrected chi connectivity index (χ2v) is 6.03. The zero-order valence-electron chi connectivity index (χ0n) is 15.3. The molecule has 0 aliphatic rings. The van der Waals surface area contributed by atoms with Gasteiger partial charge in [0.05, 0.1) is 6.10 Å². The minimum absolute atomic E-state index is 0.219. The van der Waals surface area contributed by atoms with Crippen molar-refractivity contribution in [3.8, 4) is 0 Å². The standard InChI is InChI=1S/C19H23FN2O4/c1-5-22(15-8-6-14(20)7-9-15)16(24)10-26-19(25)18-11(2)17(13(4)23)12(3)21-18/h6-9,13,21,23H,5,10H2,1-4H3/t13-/m0/s1. The lowest BCUT2D eigenvalue weighted by Gasteiger charge is -2.20. The Morgan fingerprint density at radius 2 is 1.88 bits per heavy atom. The first-order valence-corrected chi connectivity index (χ1v) is 8.36. The fourth-order valence-electron chi connectivity index (χ4n) is 3.00. The topological polar surface area (TPSA) is 82.6 Å². The van der Waals surface area contributed by atoms with E-state index in [-0.39, 0.29) is 5.69 Å². The number of aryl methyl sites for hydroxylation is 1. The number of H-pyrrole nitrogens is 1. The van der Waals surface area contributed by atoms with Crippen LogP contribution >= 0.6 is 0 Å². The number of rotatable bonds is 6. The van der Waals surface area contributed by atoms with Crippen LogP contribution in [0.25, 0.3) is 0 Å². The van der Waals surface area contributed by atoms with Crippen molar-refractivity contribution < 1.29 is 23.8 Å². The number of nitrogens with zero attached hydrogens (tertiary/aromatic N) is 1. The molecule has 0 bridgehead atoms. The number of carbonyl (C=O) groups is 2. The van der Waals surface area contributed by atoms with Crippen LogP contribution in [0.1, 0.15) is 47.3 Å². The zero-order valence-corrected chi connectivity index (χ0v) is 15.3. The average Bonchev–Trinajstić information content (AvgIpc) is 2.89. The van der Waals surface area contributed by atoms with Crippen LogP contribution < -0.4 is 4.90 Å². The Labute approximate surface area is 151 Å². The highest BCUT2D eigenvalue weighted by molar-refractivity contribution is 5.97. The van der Waals surface area contributed by atoms with Crippen molar-refractivity contribution in [2.24, 2.45) is 0 Å². The van der Waals surface area contributed by atoms with Gasteiger partial charge >= 0.3 is 5.97 Å². The van der Waals surface area contributed by atoms with E-state index in [0.29, 0.717) is 29.1 Å². The third-order valence-electron chi connectivity index (χ3n) is 4.20. The molecular weight excluding hydrogens is 339 g/mol. The van der Waals surface area contributed by atoms with Gasteiger partial charge in [-0.15, -0.1) is 0 Å². The Kier molecular flexibility index (Phi) is 6.15. The molecule has 0 aliphatic carbocycles. The van der Waals surface area contributed by atoms with Gasteiger partial charge in [0.1, 0.15) is 11.5 Å². The van der Waals surface area contributed by atoms with Gasteiger partial charge in [0.2, 0.25) is 0 Å². The summed E-state index contributed by atoms with van der Waals surface area (Å²) in [6.07, 6.45) is -0.719. The number of aliphatic hydroxyl groups is 1. The van der Waals surface area contributed by atoms with Gasteiger partial charge in [-0.2, -0.15) is 0 Å². The number of benzene rings is 1. The number of esters is 1. The van der Waals surface area contributed by atoms with Gasteiger partial charge in [-0.25, -0.2) is 9.18 Å². The largest absolute Gasteiger partial charge is 0.451 e. The summed E-state index contributed by atoms with van der Waals surface area (Å²) in [5.41, 5.74) is 2.66. The molecule has 140 valence electrons. The summed E-state index contributed by atoms with van der Waals surface area (Å²) < 4.78 is 18.2. The lowest BCUT2D eigenvalue weighted by molar-refractivity contribution is -0.121. The summed E-state index contributed by atoms with van der Waals surface area (Å²) in [6.45, 7) is 6.77. The van der Waals surface area contributed by atoms with E-state index in [1.54, 1.807) is 27.7 Å². The molecule has 2 aromatic rings. The van der Waals surface area contributed by atoms with Gasteiger partial charge in [-0.1, -0.05) is 0 Å². The molecule has 1 aromatic carbocycles. The smallest absolute Gasteiger partial charge is 0.355 e. The number of likely N-dealkylation sites (N-methyl/N-ethyl adjacent to an activating group) is 1. The van der Waals surface area contributed by atoms with Crippen LogP contribution in [0.2, 0.25) is 0 Å². The number of amides is 1. The number of halogens is 1. The molecule has 0 radical (unpaired) electrons. The first-order valence-electron chi connectivity index (χ1n) is 8.36. The molecule has 0 saturated carbocycles. The van der Waals surface area contributed by atoms with E-state index in [1.165, 1.54) is 29.2 Å². The number of hydrogen-bond acceptors (Lipinski definition) is 4. The maximum absolute atomic E-state index is 13.0. The van der Waals surface area contributed by atoms with Crippen molar-refractivity contribution in [1.29, 1.82) is 0 Å². The van der Waals surface area contributed by atoms with E-state index in [1.807, 2.05) is 0 Å². The SMILES string of the molecule is CCN(C(=O)COC(=O)c1[nH]c(C)c([C@H](C)O)c1C)c1ccc(F)cc1. The third-order valence-corrected chi connectivity index (χ3v) is 4.20. The predicted molar refractivity (Wildman–Crippen MR) is 95.6 cm³/mol. The molecule has 0 unspecified atom stereocenters. The van der Waals surface area contributed by atoms with Gasteiger partial charge < -0.3 is 19.7 Å². The minimum Gasteiger partial charge on any atom is -0.451 e. The first kappa shape index (κ1) is 19.7. The first-order chi connectivity index (χ1) is 12.3. The number of ether oxygens (including phenoxy) is 1. The quantitative estimate of drug-likeness (QED) is 0.774. The summed E-state index contributed by atoms with van der Waals surface area (Å²) >= 11 is 0. The van der Waals surface area contributed by atoms with E-state index in [0.717, 1.165) is 0 Å². The molecule has 2 N–H and O–H groups in total. The minimum atomic E-state index is -0.719. The van der Waals surface area contributed by atoms with Crippen molar-refractivity contribution in [3.05, 3.63) is 52.6 Å². The summed E-state index contributed by atoms with van der Waals surface area (Å²) in [5, 5.41) is 9.79. The average molecular weight is 362 g/mol. The highest BCUT2D eigenvalue weighted by Crippen LogP contribution is 2.25. The van der Waals surface area contributed by atoms with Gasteiger partial charge in [0.15, 0.2) is 6.61 Å². The Morgan fingerprint density at radius 1 is 1.27 bits per heavy atom. The highest BCUT2D eigenvalue weighted by Gasteiger charge is 2.22. The third kappa shape index (κ3) is 4.11. The van der Waals surface area contributed by atoms with Crippen LogP contribution in [0.4, 0.5) is 10.1 Å². The maximum atomic E-state index is 13.0. The van der Waals surface area contributed by atoms with Crippen LogP contribution in [0, 0.1) is 19.7 Å². The molecule has 0 saturated heterocycles. The van der Waals surface area contributed by atoms with Gasteiger partial charge in [0.25, 0.3) is 5.91 Å². The lowest BCUT2D eigenvalue weighted by atomic mass is 10.1. The molecule has 1 amide bonds. The van der Waals surface area contributed by atoms with Crippen LogP contribution in [-0.2, 0) is 9.53 Å². The molecule has 26 heavy (non-hydrogen) atoms. The molecule has 1 atom stereocenters. The Hall–Kier alpha value is -2.67. The van der Waals surface area contributed by atoms with E-state index in [2.05, 4.69) is 4.98 Å². The second-order valence-electron chi connectivity index (χ2n) is 6.03. The molecule has 0 fully saturated rings. The summed E-state index contributed by atoms with van der Waals surface area (Å²) in [6, 6.07) is 5.51. The molecule has 0 spiro atoms. The van der Waals surface area contributed by atoms with E-state index >= 15 is 0 Å². The summed E-state index contributed by atoms with van der Waals surface area (Å²) in [5.74, 6) is -1.47. The number of nitrogens with one attached hydrogen (secondary N) is 1. The van der Waals surface area contributed by atoms with Crippen molar-refractivity contribution in [2.75, 3.05) is 18.1 Å². The van der Waals surface area contributed by atoms with Gasteiger partial charge in [-0.05, 0) is 57.5 Å². The van der Waals surface area contributed by atoms with Crippen LogP contribution in [-0.4, -0.2) is 35.1 Å².